The van der Waals surface area contributed by atoms with Crippen molar-refractivity contribution in [2.24, 2.45) is 7.05 Å². The Bertz CT molecular complexity index is 711. The van der Waals surface area contributed by atoms with Crippen LogP contribution in [0, 0.1) is 5.82 Å². The van der Waals surface area contributed by atoms with Crippen molar-refractivity contribution < 1.29 is 4.39 Å². The molecule has 5 heteroatoms. The van der Waals surface area contributed by atoms with Gasteiger partial charge < -0.3 is 5.73 Å². The molecule has 1 aromatic heterocycles. The maximum Gasteiger partial charge on any atom is 0.290 e. The highest BCUT2D eigenvalue weighted by atomic mass is 19.1. The van der Waals surface area contributed by atoms with Crippen LogP contribution >= 0.6 is 0 Å². The summed E-state index contributed by atoms with van der Waals surface area (Å²) in [5.41, 5.74) is 7.91. The van der Waals surface area contributed by atoms with Gasteiger partial charge in [0.2, 0.25) is 0 Å². The van der Waals surface area contributed by atoms with E-state index in [2.05, 4.69) is 0 Å². The summed E-state index contributed by atoms with van der Waals surface area (Å²) in [4.78, 5) is 12.4. The summed E-state index contributed by atoms with van der Waals surface area (Å²) < 4.78 is 16.7. The van der Waals surface area contributed by atoms with Gasteiger partial charge in [0.15, 0.2) is 0 Å². The second-order valence-corrected chi connectivity index (χ2v) is 5.80. The zero-order chi connectivity index (χ0) is 15.0. The summed E-state index contributed by atoms with van der Waals surface area (Å²) in [6, 6.07) is 6.31. The van der Waals surface area contributed by atoms with Gasteiger partial charge in [-0.1, -0.05) is 25.0 Å². The van der Waals surface area contributed by atoms with Crippen molar-refractivity contribution in [1.82, 2.24) is 9.36 Å². The second-order valence-electron chi connectivity index (χ2n) is 5.80. The van der Waals surface area contributed by atoms with Gasteiger partial charge >= 0.3 is 0 Å². The first-order chi connectivity index (χ1) is 10.1. The molecule has 0 atom stereocenters. The molecule has 0 radical (unpaired) electrons. The average Bonchev–Trinajstić information content (AvgIpc) is 3.03. The second kappa shape index (κ2) is 5.39. The third-order valence-corrected chi connectivity index (χ3v) is 4.41. The molecule has 1 aliphatic carbocycles. The summed E-state index contributed by atoms with van der Waals surface area (Å²) in [5.74, 6) is 0.0789. The smallest absolute Gasteiger partial charge is 0.290 e. The van der Waals surface area contributed by atoms with E-state index in [-0.39, 0.29) is 11.4 Å². The van der Waals surface area contributed by atoms with Gasteiger partial charge in [-0.3, -0.25) is 9.48 Å². The molecule has 112 valence electrons. The van der Waals surface area contributed by atoms with Gasteiger partial charge in [0.05, 0.1) is 12.2 Å². The fourth-order valence-electron chi connectivity index (χ4n) is 3.36. The highest BCUT2D eigenvalue weighted by molar-refractivity contribution is 5.44. The molecule has 1 aromatic carbocycles. The van der Waals surface area contributed by atoms with E-state index >= 15 is 0 Å². The molecule has 0 aliphatic heterocycles. The van der Waals surface area contributed by atoms with Gasteiger partial charge in [0, 0.05) is 13.0 Å². The fourth-order valence-corrected chi connectivity index (χ4v) is 3.36. The lowest BCUT2D eigenvalue weighted by Crippen LogP contribution is -2.23. The van der Waals surface area contributed by atoms with Crippen molar-refractivity contribution >= 4 is 5.69 Å². The first kappa shape index (κ1) is 13.9. The molecule has 1 fully saturated rings. The Kier molecular flexibility index (Phi) is 3.57. The van der Waals surface area contributed by atoms with Crippen LogP contribution in [0.5, 0.6) is 0 Å². The Labute approximate surface area is 123 Å². The largest absolute Gasteiger partial charge is 0.393 e. The van der Waals surface area contributed by atoms with Crippen molar-refractivity contribution in [2.75, 3.05) is 5.73 Å². The minimum absolute atomic E-state index is 0.177. The molecule has 0 spiro atoms. The average molecular weight is 289 g/mol. The van der Waals surface area contributed by atoms with Gasteiger partial charge in [-0.25, -0.2) is 9.07 Å². The first-order valence-electron chi connectivity index (χ1n) is 7.37. The van der Waals surface area contributed by atoms with Crippen LogP contribution in [0.1, 0.15) is 42.9 Å². The minimum Gasteiger partial charge on any atom is -0.393 e. The molecule has 0 amide bonds. The number of aromatic nitrogens is 2. The molecule has 21 heavy (non-hydrogen) atoms. The first-order valence-corrected chi connectivity index (χ1v) is 7.37. The molecule has 1 aliphatic rings. The van der Waals surface area contributed by atoms with Crippen LogP contribution < -0.4 is 11.3 Å². The lowest BCUT2D eigenvalue weighted by Gasteiger charge is -2.14. The van der Waals surface area contributed by atoms with E-state index in [0.29, 0.717) is 18.2 Å². The van der Waals surface area contributed by atoms with Crippen LogP contribution in [-0.2, 0) is 13.6 Å². The number of halogens is 1. The van der Waals surface area contributed by atoms with Crippen molar-refractivity contribution in [2.45, 2.75) is 38.1 Å². The summed E-state index contributed by atoms with van der Waals surface area (Å²) in [6.07, 6.45) is 4.55. The maximum atomic E-state index is 13.3. The molecule has 1 saturated carbocycles. The molecule has 1 heterocycles. The van der Waals surface area contributed by atoms with Crippen LogP contribution in [-0.4, -0.2) is 9.36 Å². The van der Waals surface area contributed by atoms with Crippen molar-refractivity contribution in [3.05, 3.63) is 51.7 Å². The Hall–Kier alpha value is -2.04. The summed E-state index contributed by atoms with van der Waals surface area (Å²) in [5, 5.41) is 0. The zero-order valence-electron chi connectivity index (χ0n) is 12.2. The van der Waals surface area contributed by atoms with Crippen LogP contribution in [0.15, 0.2) is 29.1 Å². The molecule has 0 unspecified atom stereocenters. The van der Waals surface area contributed by atoms with Gasteiger partial charge in [-0.2, -0.15) is 0 Å². The van der Waals surface area contributed by atoms with Gasteiger partial charge in [-0.15, -0.1) is 0 Å². The van der Waals surface area contributed by atoms with Gasteiger partial charge in [-0.05, 0) is 30.5 Å². The van der Waals surface area contributed by atoms with Crippen molar-refractivity contribution in [1.29, 1.82) is 0 Å². The number of hydrogen-bond donors (Lipinski definition) is 1. The fraction of sp³-hybridized carbons (Fsp3) is 0.438. The zero-order valence-corrected chi connectivity index (χ0v) is 12.2. The van der Waals surface area contributed by atoms with E-state index in [9.17, 15) is 9.18 Å². The van der Waals surface area contributed by atoms with Crippen molar-refractivity contribution in [3.63, 3.8) is 0 Å². The van der Waals surface area contributed by atoms with Gasteiger partial charge in [0.25, 0.3) is 5.56 Å². The predicted molar refractivity (Wildman–Crippen MR) is 80.8 cm³/mol. The monoisotopic (exact) mass is 289 g/mol. The molecular weight excluding hydrogens is 269 g/mol. The van der Waals surface area contributed by atoms with E-state index in [1.807, 2.05) is 17.8 Å². The predicted octanol–water partition coefficient (Wildman–Crippen LogP) is 2.61. The topological polar surface area (TPSA) is 52.9 Å². The number of nitrogens with two attached hydrogens (primary N) is 1. The molecule has 2 aromatic rings. The minimum atomic E-state index is -0.293. The lowest BCUT2D eigenvalue weighted by atomic mass is 10.0. The maximum absolute atomic E-state index is 13.3. The van der Waals surface area contributed by atoms with Crippen LogP contribution in [0.4, 0.5) is 10.1 Å². The lowest BCUT2D eigenvalue weighted by molar-refractivity contribution is 0.496. The molecule has 2 N–H and O–H groups in total. The molecule has 0 bridgehead atoms. The number of benzene rings is 1. The van der Waals surface area contributed by atoms with E-state index in [1.165, 1.54) is 25.0 Å². The third kappa shape index (κ3) is 2.48. The van der Waals surface area contributed by atoms with E-state index in [1.54, 1.807) is 10.7 Å². The van der Waals surface area contributed by atoms with E-state index in [4.69, 9.17) is 5.73 Å². The number of nitrogen functional groups attached to an aromatic ring is 1. The third-order valence-electron chi connectivity index (χ3n) is 4.41. The number of nitrogens with zero attached hydrogens (tertiary/aromatic N) is 2. The number of rotatable bonds is 3. The quantitative estimate of drug-likeness (QED) is 0.944. The van der Waals surface area contributed by atoms with Crippen molar-refractivity contribution in [3.8, 4) is 0 Å². The summed E-state index contributed by atoms with van der Waals surface area (Å²) in [7, 11) is 1.87. The summed E-state index contributed by atoms with van der Waals surface area (Å²) in [6.45, 7) is 0.337. The van der Waals surface area contributed by atoms with E-state index in [0.717, 1.165) is 24.1 Å². The molecule has 0 saturated heterocycles. The highest BCUT2D eigenvalue weighted by Gasteiger charge is 2.26. The summed E-state index contributed by atoms with van der Waals surface area (Å²) >= 11 is 0. The number of hydrogen-bond acceptors (Lipinski definition) is 2. The molecule has 4 nitrogen and oxygen atoms in total. The van der Waals surface area contributed by atoms with Crippen LogP contribution in [0.3, 0.4) is 0 Å². The van der Waals surface area contributed by atoms with Crippen LogP contribution in [0.2, 0.25) is 0 Å². The SMILES string of the molecule is Cn1c(C2CCCC2)c(N)c(=O)n1Cc1cccc(F)c1. The Morgan fingerprint density at radius 3 is 2.71 bits per heavy atom. The Balaban J connectivity index is 1.99. The Morgan fingerprint density at radius 1 is 1.33 bits per heavy atom. The van der Waals surface area contributed by atoms with E-state index < -0.39 is 0 Å². The van der Waals surface area contributed by atoms with Gasteiger partial charge in [0.1, 0.15) is 11.5 Å². The molecule has 3 rings (SSSR count). The number of anilines is 1. The normalized spacial score (nSPS) is 15.7. The Morgan fingerprint density at radius 2 is 2.05 bits per heavy atom. The van der Waals surface area contributed by atoms with Crippen LogP contribution in [0.25, 0.3) is 0 Å². The standard InChI is InChI=1S/C16H20FN3O/c1-19-15(12-6-2-3-7-12)14(18)16(21)20(19)10-11-5-4-8-13(17)9-11/h4-5,8-9,12H,2-3,6-7,10,18H2,1H3. The highest BCUT2D eigenvalue weighted by Crippen LogP contribution is 2.35. The molecular formula is C16H20FN3O.